The van der Waals surface area contributed by atoms with Gasteiger partial charge < -0.3 is 10.5 Å². The summed E-state index contributed by atoms with van der Waals surface area (Å²) in [5.41, 5.74) is 6.14. The summed E-state index contributed by atoms with van der Waals surface area (Å²) in [5, 5.41) is 0. The van der Waals surface area contributed by atoms with E-state index in [9.17, 15) is 4.79 Å². The highest BCUT2D eigenvalue weighted by Gasteiger charge is 2.01. The molecule has 0 atom stereocenters. The molecule has 0 spiro atoms. The third kappa shape index (κ3) is 3.78. The topological polar surface area (TPSA) is 65.2 Å². The molecule has 2 rings (SSSR count). The smallest absolute Gasteiger partial charge is 0.391 e. The summed E-state index contributed by atoms with van der Waals surface area (Å²) in [7, 11) is 0. The number of carbonyl (C=O) groups is 1. The molecule has 5 heteroatoms. The summed E-state index contributed by atoms with van der Waals surface area (Å²) in [5.74, 6) is 1.09. The number of benzene rings is 1. The Kier molecular flexibility index (Phi) is 4.20. The standard InChI is InChI=1S/C13H12N2O2S/c14-13(16)17-12-7-6-11(8-15-12)18-9-10-4-2-1-3-5-10/h1-8H,9H2,(H2,14,16). The van der Waals surface area contributed by atoms with Gasteiger partial charge in [0.2, 0.25) is 5.88 Å². The van der Waals surface area contributed by atoms with Gasteiger partial charge in [-0.05, 0) is 11.6 Å². The predicted molar refractivity (Wildman–Crippen MR) is 70.5 cm³/mol. The molecule has 4 nitrogen and oxygen atoms in total. The molecule has 92 valence electrons. The number of nitrogens with two attached hydrogens (primary N) is 1. The first-order valence-electron chi connectivity index (χ1n) is 5.34. The molecule has 1 amide bonds. The number of thioether (sulfide) groups is 1. The first-order valence-corrected chi connectivity index (χ1v) is 6.32. The van der Waals surface area contributed by atoms with E-state index in [1.54, 1.807) is 24.0 Å². The Morgan fingerprint density at radius 3 is 2.61 bits per heavy atom. The van der Waals surface area contributed by atoms with Crippen molar-refractivity contribution in [2.45, 2.75) is 10.6 Å². The lowest BCUT2D eigenvalue weighted by Crippen LogP contribution is -2.16. The zero-order valence-corrected chi connectivity index (χ0v) is 10.4. The van der Waals surface area contributed by atoms with Crippen molar-refractivity contribution in [3.05, 3.63) is 54.2 Å². The van der Waals surface area contributed by atoms with E-state index in [4.69, 9.17) is 5.73 Å². The molecule has 0 aliphatic heterocycles. The largest absolute Gasteiger partial charge is 0.411 e. The molecule has 0 unspecified atom stereocenters. The zero-order chi connectivity index (χ0) is 12.8. The maximum Gasteiger partial charge on any atom is 0.411 e. The number of pyridine rings is 1. The fraction of sp³-hybridized carbons (Fsp3) is 0.0769. The van der Waals surface area contributed by atoms with Crippen molar-refractivity contribution in [2.75, 3.05) is 0 Å². The molecule has 0 bridgehead atoms. The van der Waals surface area contributed by atoms with Crippen molar-refractivity contribution in [2.24, 2.45) is 5.73 Å². The zero-order valence-electron chi connectivity index (χ0n) is 9.58. The average molecular weight is 260 g/mol. The fourth-order valence-corrected chi connectivity index (χ4v) is 2.17. The molecule has 2 N–H and O–H groups in total. The second-order valence-corrected chi connectivity index (χ2v) is 4.58. The quantitative estimate of drug-likeness (QED) is 0.858. The Balaban J connectivity index is 1.92. The number of primary amides is 1. The molecule has 0 radical (unpaired) electrons. The maximum absolute atomic E-state index is 10.5. The Bertz CT molecular complexity index is 514. The Hall–Kier alpha value is -2.01. The van der Waals surface area contributed by atoms with Gasteiger partial charge in [0.25, 0.3) is 0 Å². The molecule has 0 aliphatic carbocycles. The first kappa shape index (κ1) is 12.4. The van der Waals surface area contributed by atoms with Gasteiger partial charge in [0.1, 0.15) is 0 Å². The van der Waals surface area contributed by atoms with E-state index < -0.39 is 6.09 Å². The van der Waals surface area contributed by atoms with Gasteiger partial charge in [-0.1, -0.05) is 30.3 Å². The van der Waals surface area contributed by atoms with Crippen LogP contribution in [0.2, 0.25) is 0 Å². The molecule has 1 heterocycles. The van der Waals surface area contributed by atoms with E-state index >= 15 is 0 Å². The minimum atomic E-state index is -0.854. The number of ether oxygens (including phenoxy) is 1. The lowest BCUT2D eigenvalue weighted by atomic mass is 10.2. The highest BCUT2D eigenvalue weighted by Crippen LogP contribution is 2.23. The van der Waals surface area contributed by atoms with Crippen LogP contribution in [-0.4, -0.2) is 11.1 Å². The van der Waals surface area contributed by atoms with E-state index in [1.807, 2.05) is 24.3 Å². The van der Waals surface area contributed by atoms with Gasteiger partial charge in [-0.15, -0.1) is 11.8 Å². The van der Waals surface area contributed by atoms with Crippen LogP contribution in [0, 0.1) is 0 Å². The summed E-state index contributed by atoms with van der Waals surface area (Å²) < 4.78 is 4.65. The summed E-state index contributed by atoms with van der Waals surface area (Å²) in [6, 6.07) is 13.6. The first-order chi connectivity index (χ1) is 8.74. The van der Waals surface area contributed by atoms with E-state index in [2.05, 4.69) is 21.9 Å². The number of hydrogen-bond acceptors (Lipinski definition) is 4. The van der Waals surface area contributed by atoms with Crippen LogP contribution < -0.4 is 10.5 Å². The van der Waals surface area contributed by atoms with E-state index in [0.717, 1.165) is 10.6 Å². The Labute approximate surface area is 109 Å². The van der Waals surface area contributed by atoms with E-state index in [1.165, 1.54) is 5.56 Å². The van der Waals surface area contributed by atoms with Gasteiger partial charge in [-0.2, -0.15) is 0 Å². The van der Waals surface area contributed by atoms with E-state index in [0.29, 0.717) is 0 Å². The highest BCUT2D eigenvalue weighted by atomic mass is 32.2. The molecular formula is C13H12N2O2S. The predicted octanol–water partition coefficient (Wildman–Crippen LogP) is 2.83. The minimum absolute atomic E-state index is 0.214. The van der Waals surface area contributed by atoms with Crippen LogP contribution in [0.25, 0.3) is 0 Å². The van der Waals surface area contributed by atoms with E-state index in [-0.39, 0.29) is 5.88 Å². The van der Waals surface area contributed by atoms with Crippen LogP contribution in [0.4, 0.5) is 4.79 Å². The SMILES string of the molecule is NC(=O)Oc1ccc(SCc2ccccc2)cn1. The molecule has 18 heavy (non-hydrogen) atoms. The minimum Gasteiger partial charge on any atom is -0.391 e. The molecule has 0 aliphatic rings. The molecule has 1 aromatic carbocycles. The number of nitrogens with zero attached hydrogens (tertiary/aromatic N) is 1. The molecule has 0 saturated carbocycles. The van der Waals surface area contributed by atoms with Crippen molar-refractivity contribution in [1.29, 1.82) is 0 Å². The molecule has 0 fully saturated rings. The second kappa shape index (κ2) is 6.07. The van der Waals surface area contributed by atoms with Gasteiger partial charge in [0, 0.05) is 22.9 Å². The van der Waals surface area contributed by atoms with Crippen LogP contribution in [0.1, 0.15) is 5.56 Å². The fourth-order valence-electron chi connectivity index (χ4n) is 1.36. The molecular weight excluding hydrogens is 248 g/mol. The molecule has 2 aromatic rings. The number of aromatic nitrogens is 1. The van der Waals surface area contributed by atoms with Crippen LogP contribution in [-0.2, 0) is 5.75 Å². The summed E-state index contributed by atoms with van der Waals surface area (Å²) in [6.45, 7) is 0. The maximum atomic E-state index is 10.5. The van der Waals surface area contributed by atoms with Crippen molar-refractivity contribution in [3.63, 3.8) is 0 Å². The summed E-state index contributed by atoms with van der Waals surface area (Å²) >= 11 is 1.67. The third-order valence-corrected chi connectivity index (χ3v) is 3.22. The Morgan fingerprint density at radius 1 is 1.22 bits per heavy atom. The summed E-state index contributed by atoms with van der Waals surface area (Å²) in [4.78, 5) is 15.5. The third-order valence-electron chi connectivity index (χ3n) is 2.16. The van der Waals surface area contributed by atoms with Gasteiger partial charge in [0.15, 0.2) is 0 Å². The number of hydrogen-bond donors (Lipinski definition) is 1. The highest BCUT2D eigenvalue weighted by molar-refractivity contribution is 7.98. The molecule has 0 saturated heterocycles. The van der Waals surface area contributed by atoms with Crippen molar-refractivity contribution < 1.29 is 9.53 Å². The van der Waals surface area contributed by atoms with Gasteiger partial charge in [-0.25, -0.2) is 9.78 Å². The van der Waals surface area contributed by atoms with Crippen LogP contribution in [0.15, 0.2) is 53.6 Å². The van der Waals surface area contributed by atoms with Crippen molar-refractivity contribution in [3.8, 4) is 5.88 Å². The lowest BCUT2D eigenvalue weighted by Gasteiger charge is -2.03. The van der Waals surface area contributed by atoms with Crippen LogP contribution in [0.3, 0.4) is 0 Å². The van der Waals surface area contributed by atoms with Crippen LogP contribution >= 0.6 is 11.8 Å². The number of amides is 1. The van der Waals surface area contributed by atoms with Crippen LogP contribution in [0.5, 0.6) is 5.88 Å². The Morgan fingerprint density at radius 2 is 2.00 bits per heavy atom. The van der Waals surface area contributed by atoms with Gasteiger partial charge >= 0.3 is 6.09 Å². The van der Waals surface area contributed by atoms with Gasteiger partial charge in [-0.3, -0.25) is 0 Å². The second-order valence-electron chi connectivity index (χ2n) is 3.53. The lowest BCUT2D eigenvalue weighted by molar-refractivity contribution is 0.209. The van der Waals surface area contributed by atoms with Crippen molar-refractivity contribution in [1.82, 2.24) is 4.98 Å². The summed E-state index contributed by atoms with van der Waals surface area (Å²) in [6.07, 6.45) is 0.804. The van der Waals surface area contributed by atoms with Gasteiger partial charge in [0.05, 0.1) is 0 Å². The average Bonchev–Trinajstić information content (AvgIpc) is 2.38. The number of rotatable bonds is 4. The number of carbonyl (C=O) groups excluding carboxylic acids is 1. The molecule has 1 aromatic heterocycles. The van der Waals surface area contributed by atoms with Crippen molar-refractivity contribution >= 4 is 17.9 Å². The normalized spacial score (nSPS) is 10.0. The monoisotopic (exact) mass is 260 g/mol.